The molecule has 32 heavy (non-hydrogen) atoms. The number of ether oxygens (including phenoxy) is 1. The first-order valence-corrected chi connectivity index (χ1v) is 11.7. The third kappa shape index (κ3) is 5.11. The second kappa shape index (κ2) is 9.98. The van der Waals surface area contributed by atoms with Crippen molar-refractivity contribution in [1.29, 1.82) is 0 Å². The molecule has 0 radical (unpaired) electrons. The fourth-order valence-corrected chi connectivity index (χ4v) is 4.82. The molecule has 2 saturated heterocycles. The summed E-state index contributed by atoms with van der Waals surface area (Å²) in [6.45, 7) is 1.38. The molecule has 166 valence electrons. The molecule has 3 amide bonds. The monoisotopic (exact) mass is 490 g/mol. The largest absolute Gasteiger partial charge is 0.489 e. The molecule has 0 unspecified atom stereocenters. The molecule has 6 nitrogen and oxygen atoms in total. The Morgan fingerprint density at radius 1 is 1.03 bits per heavy atom. The van der Waals surface area contributed by atoms with Gasteiger partial charge in [-0.2, -0.15) is 0 Å². The van der Waals surface area contributed by atoms with Crippen molar-refractivity contribution in [1.82, 2.24) is 9.80 Å². The zero-order valence-corrected chi connectivity index (χ0v) is 19.4. The number of carbonyl (C=O) groups excluding carboxylic acids is 3. The molecular formula is C23H20Cl2N2O4S. The standard InChI is InChI=1S/C23H20Cl2N2O4S/c24-18-4-3-5-19(25)17(18)14-31-16-8-6-15(7-9-16)12-20-22(29)27(23(30)32-20)13-21(28)26-10-1-2-11-26/h3-9,12H,1-2,10-11,13-14H2/b20-12-. The number of hydrogen-bond acceptors (Lipinski definition) is 5. The van der Waals surface area contributed by atoms with Gasteiger partial charge in [0.2, 0.25) is 5.91 Å². The summed E-state index contributed by atoms with van der Waals surface area (Å²) >= 11 is 13.2. The average molecular weight is 491 g/mol. The highest BCUT2D eigenvalue weighted by atomic mass is 35.5. The molecule has 0 aromatic heterocycles. The number of thioether (sulfide) groups is 1. The lowest BCUT2D eigenvalue weighted by Crippen LogP contribution is -2.40. The van der Waals surface area contributed by atoms with E-state index < -0.39 is 11.1 Å². The molecule has 0 N–H and O–H groups in total. The van der Waals surface area contributed by atoms with E-state index in [-0.39, 0.29) is 19.1 Å². The van der Waals surface area contributed by atoms with Gasteiger partial charge in [-0.05, 0) is 60.5 Å². The fraction of sp³-hybridized carbons (Fsp3) is 0.261. The van der Waals surface area contributed by atoms with Gasteiger partial charge in [0.15, 0.2) is 0 Å². The maximum atomic E-state index is 12.7. The van der Waals surface area contributed by atoms with E-state index in [0.717, 1.165) is 35.1 Å². The Hall–Kier alpha value is -2.48. The number of nitrogens with zero attached hydrogens (tertiary/aromatic N) is 2. The number of carbonyl (C=O) groups is 3. The van der Waals surface area contributed by atoms with E-state index >= 15 is 0 Å². The molecule has 0 atom stereocenters. The number of imide groups is 1. The van der Waals surface area contributed by atoms with Crippen molar-refractivity contribution in [2.24, 2.45) is 0 Å². The first-order chi connectivity index (χ1) is 15.4. The lowest BCUT2D eigenvalue weighted by molar-refractivity contribution is -0.135. The molecule has 2 aromatic rings. The number of halogens is 2. The first-order valence-electron chi connectivity index (χ1n) is 10.1. The van der Waals surface area contributed by atoms with Crippen LogP contribution in [-0.2, 0) is 16.2 Å². The van der Waals surface area contributed by atoms with Gasteiger partial charge >= 0.3 is 0 Å². The first kappa shape index (κ1) is 22.7. The van der Waals surface area contributed by atoms with Crippen molar-refractivity contribution < 1.29 is 19.1 Å². The number of likely N-dealkylation sites (tertiary alicyclic amines) is 1. The molecule has 0 saturated carbocycles. The van der Waals surface area contributed by atoms with Gasteiger partial charge in [-0.25, -0.2) is 0 Å². The van der Waals surface area contributed by atoms with E-state index in [1.807, 2.05) is 0 Å². The van der Waals surface area contributed by atoms with Crippen LogP contribution >= 0.6 is 35.0 Å². The topological polar surface area (TPSA) is 66.9 Å². The summed E-state index contributed by atoms with van der Waals surface area (Å²) in [5, 5.41) is 0.645. The minimum absolute atomic E-state index is 0.189. The summed E-state index contributed by atoms with van der Waals surface area (Å²) in [5.41, 5.74) is 1.45. The van der Waals surface area contributed by atoms with Crippen LogP contribution in [0.25, 0.3) is 6.08 Å². The summed E-state index contributed by atoms with van der Waals surface area (Å²) in [6, 6.07) is 12.4. The van der Waals surface area contributed by atoms with Crippen LogP contribution in [0.5, 0.6) is 5.75 Å². The van der Waals surface area contributed by atoms with Crippen molar-refractivity contribution in [3.05, 3.63) is 68.5 Å². The highest BCUT2D eigenvalue weighted by Crippen LogP contribution is 2.33. The minimum Gasteiger partial charge on any atom is -0.489 e. The SMILES string of the molecule is O=C(CN1C(=O)S/C(=C\c2ccc(OCc3c(Cl)cccc3Cl)cc2)C1=O)N1CCCC1. The van der Waals surface area contributed by atoms with Gasteiger partial charge in [0, 0.05) is 28.7 Å². The molecule has 9 heteroatoms. The van der Waals surface area contributed by atoms with Crippen LogP contribution in [0, 0.1) is 0 Å². The molecule has 2 heterocycles. The Bertz CT molecular complexity index is 1060. The summed E-state index contributed by atoms with van der Waals surface area (Å²) in [5.74, 6) is -0.0186. The predicted molar refractivity (Wildman–Crippen MR) is 126 cm³/mol. The van der Waals surface area contributed by atoms with Crippen LogP contribution < -0.4 is 4.74 Å². The van der Waals surface area contributed by atoms with E-state index in [1.54, 1.807) is 53.4 Å². The second-order valence-corrected chi connectivity index (χ2v) is 9.22. The number of rotatable bonds is 6. The predicted octanol–water partition coefficient (Wildman–Crippen LogP) is 5.23. The van der Waals surface area contributed by atoms with E-state index in [2.05, 4.69) is 0 Å². The Balaban J connectivity index is 1.38. The highest BCUT2D eigenvalue weighted by Gasteiger charge is 2.37. The van der Waals surface area contributed by atoms with Gasteiger partial charge < -0.3 is 9.64 Å². The Labute approximate surface area is 200 Å². The molecular weight excluding hydrogens is 471 g/mol. The molecule has 0 spiro atoms. The fourth-order valence-electron chi connectivity index (χ4n) is 3.48. The minimum atomic E-state index is -0.443. The molecule has 0 bridgehead atoms. The van der Waals surface area contributed by atoms with Crippen molar-refractivity contribution >= 4 is 58.1 Å². The van der Waals surface area contributed by atoms with Gasteiger partial charge in [0.25, 0.3) is 11.1 Å². The van der Waals surface area contributed by atoms with Crippen molar-refractivity contribution in [2.45, 2.75) is 19.4 Å². The third-order valence-electron chi connectivity index (χ3n) is 5.25. The van der Waals surface area contributed by atoms with E-state index in [9.17, 15) is 14.4 Å². The number of benzene rings is 2. The number of hydrogen-bond donors (Lipinski definition) is 0. The zero-order chi connectivity index (χ0) is 22.7. The molecule has 2 aliphatic rings. The Kier molecular flexibility index (Phi) is 7.08. The normalized spacial score (nSPS) is 17.5. The number of amides is 3. The van der Waals surface area contributed by atoms with E-state index in [0.29, 0.717) is 39.4 Å². The molecule has 4 rings (SSSR count). The van der Waals surface area contributed by atoms with Crippen LogP contribution in [0.1, 0.15) is 24.0 Å². The maximum absolute atomic E-state index is 12.7. The highest BCUT2D eigenvalue weighted by molar-refractivity contribution is 8.18. The smallest absolute Gasteiger partial charge is 0.294 e. The van der Waals surface area contributed by atoms with Gasteiger partial charge in [0.05, 0.1) is 4.91 Å². The van der Waals surface area contributed by atoms with Gasteiger partial charge in [0.1, 0.15) is 18.9 Å². The van der Waals surface area contributed by atoms with Gasteiger partial charge in [-0.15, -0.1) is 0 Å². The van der Waals surface area contributed by atoms with Crippen molar-refractivity contribution in [3.8, 4) is 5.75 Å². The third-order valence-corrected chi connectivity index (χ3v) is 6.86. The zero-order valence-electron chi connectivity index (χ0n) is 17.1. The Morgan fingerprint density at radius 2 is 1.69 bits per heavy atom. The summed E-state index contributed by atoms with van der Waals surface area (Å²) in [6.07, 6.45) is 3.55. The molecule has 2 aliphatic heterocycles. The summed E-state index contributed by atoms with van der Waals surface area (Å²) in [7, 11) is 0. The van der Waals surface area contributed by atoms with Gasteiger partial charge in [-0.3, -0.25) is 19.3 Å². The van der Waals surface area contributed by atoms with Crippen LogP contribution in [0.4, 0.5) is 4.79 Å². The quantitative estimate of drug-likeness (QED) is 0.518. The van der Waals surface area contributed by atoms with Crippen molar-refractivity contribution in [2.75, 3.05) is 19.6 Å². The van der Waals surface area contributed by atoms with Crippen molar-refractivity contribution in [3.63, 3.8) is 0 Å². The molecule has 2 aromatic carbocycles. The van der Waals surface area contributed by atoms with E-state index in [1.165, 1.54) is 0 Å². The van der Waals surface area contributed by atoms with Gasteiger partial charge in [-0.1, -0.05) is 41.4 Å². The molecule has 0 aliphatic carbocycles. The average Bonchev–Trinajstić information content (AvgIpc) is 3.40. The van der Waals surface area contributed by atoms with Crippen LogP contribution in [0.2, 0.25) is 10.0 Å². The summed E-state index contributed by atoms with van der Waals surface area (Å²) in [4.78, 5) is 40.3. The molecule has 2 fully saturated rings. The second-order valence-electron chi connectivity index (χ2n) is 7.41. The van der Waals surface area contributed by atoms with E-state index in [4.69, 9.17) is 27.9 Å². The lowest BCUT2D eigenvalue weighted by atomic mass is 10.2. The maximum Gasteiger partial charge on any atom is 0.294 e. The Morgan fingerprint density at radius 3 is 2.34 bits per heavy atom. The summed E-state index contributed by atoms with van der Waals surface area (Å²) < 4.78 is 5.76. The van der Waals surface area contributed by atoms with Crippen LogP contribution in [-0.4, -0.2) is 46.5 Å². The van der Waals surface area contributed by atoms with Crippen LogP contribution in [0.15, 0.2) is 47.4 Å². The van der Waals surface area contributed by atoms with Crippen LogP contribution in [0.3, 0.4) is 0 Å². The lowest BCUT2D eigenvalue weighted by Gasteiger charge is -2.18.